The Morgan fingerprint density at radius 2 is 2.21 bits per heavy atom. The van der Waals surface area contributed by atoms with Crippen LogP contribution in [0.4, 0.5) is 0 Å². The molecule has 1 amide bonds. The van der Waals surface area contributed by atoms with Crippen LogP contribution in [0.1, 0.15) is 5.56 Å². The van der Waals surface area contributed by atoms with Gasteiger partial charge in [0.15, 0.2) is 0 Å². The van der Waals surface area contributed by atoms with Crippen LogP contribution in [-0.4, -0.2) is 65.1 Å². The van der Waals surface area contributed by atoms with Crippen molar-refractivity contribution in [1.82, 2.24) is 20.4 Å². The maximum atomic E-state index is 11.6. The number of H-pyrrole nitrogens is 1. The number of hydrogen-bond donors (Lipinski definition) is 3. The van der Waals surface area contributed by atoms with E-state index >= 15 is 0 Å². The summed E-state index contributed by atoms with van der Waals surface area (Å²) in [5, 5.41) is 20.2. The molecule has 3 N–H and O–H groups in total. The standard InChI is InChI=1S/C17H22N4O3/c1-24-11-16(23)19-14-9-21(10-15(14)22)8-13-7-18-20-17(13)12-5-3-2-4-6-12/h2-7,14-15,22H,8-11H2,1H3,(H,18,20)(H,19,23)/t14-,15-/m1/s1. The molecule has 24 heavy (non-hydrogen) atoms. The van der Waals surface area contributed by atoms with E-state index in [1.807, 2.05) is 36.5 Å². The number of likely N-dealkylation sites (tertiary alicyclic amines) is 1. The van der Waals surface area contributed by atoms with Gasteiger partial charge in [-0.15, -0.1) is 0 Å². The number of ether oxygens (including phenoxy) is 1. The molecule has 2 heterocycles. The highest BCUT2D eigenvalue weighted by Gasteiger charge is 2.32. The molecule has 1 aromatic carbocycles. The monoisotopic (exact) mass is 330 g/mol. The van der Waals surface area contributed by atoms with Crippen molar-refractivity contribution in [3.63, 3.8) is 0 Å². The topological polar surface area (TPSA) is 90.5 Å². The highest BCUT2D eigenvalue weighted by atomic mass is 16.5. The minimum atomic E-state index is -0.585. The summed E-state index contributed by atoms with van der Waals surface area (Å²) in [6.07, 6.45) is 1.23. The number of aliphatic hydroxyl groups is 1. The second kappa shape index (κ2) is 7.57. The smallest absolute Gasteiger partial charge is 0.246 e. The van der Waals surface area contributed by atoms with Gasteiger partial charge >= 0.3 is 0 Å². The summed E-state index contributed by atoms with van der Waals surface area (Å²) in [7, 11) is 1.47. The minimum absolute atomic E-state index is 0.00308. The number of benzene rings is 1. The summed E-state index contributed by atoms with van der Waals surface area (Å²) in [6.45, 7) is 1.77. The van der Waals surface area contributed by atoms with Crippen LogP contribution in [0, 0.1) is 0 Å². The first-order valence-electron chi connectivity index (χ1n) is 7.93. The zero-order valence-corrected chi connectivity index (χ0v) is 13.6. The Morgan fingerprint density at radius 3 is 2.96 bits per heavy atom. The van der Waals surface area contributed by atoms with Crippen molar-refractivity contribution in [1.29, 1.82) is 0 Å². The Balaban J connectivity index is 1.64. The van der Waals surface area contributed by atoms with Gasteiger partial charge < -0.3 is 15.2 Å². The van der Waals surface area contributed by atoms with Crippen LogP contribution < -0.4 is 5.32 Å². The average molecular weight is 330 g/mol. The van der Waals surface area contributed by atoms with Gasteiger partial charge in [0, 0.05) is 32.3 Å². The van der Waals surface area contributed by atoms with Crippen molar-refractivity contribution in [2.75, 3.05) is 26.8 Å². The predicted molar refractivity (Wildman–Crippen MR) is 89.1 cm³/mol. The number of nitrogens with one attached hydrogen (secondary N) is 2. The van der Waals surface area contributed by atoms with E-state index in [4.69, 9.17) is 4.74 Å². The summed E-state index contributed by atoms with van der Waals surface area (Å²) in [5.41, 5.74) is 3.13. The Bertz CT molecular complexity index is 673. The summed E-state index contributed by atoms with van der Waals surface area (Å²) in [5.74, 6) is -0.211. The lowest BCUT2D eigenvalue weighted by molar-refractivity contribution is -0.125. The van der Waals surface area contributed by atoms with E-state index in [-0.39, 0.29) is 18.6 Å². The maximum Gasteiger partial charge on any atom is 0.246 e. The number of carbonyl (C=O) groups is 1. The number of aromatic amines is 1. The molecule has 0 aliphatic carbocycles. The molecule has 1 saturated heterocycles. The molecule has 0 spiro atoms. The zero-order chi connectivity index (χ0) is 16.9. The van der Waals surface area contributed by atoms with E-state index in [0.717, 1.165) is 16.8 Å². The molecule has 1 aliphatic heterocycles. The number of nitrogens with zero attached hydrogens (tertiary/aromatic N) is 2. The van der Waals surface area contributed by atoms with Crippen LogP contribution >= 0.6 is 0 Å². The summed E-state index contributed by atoms with van der Waals surface area (Å²) < 4.78 is 4.81. The molecule has 128 valence electrons. The lowest BCUT2D eigenvalue weighted by atomic mass is 10.1. The molecule has 2 aromatic rings. The molecular weight excluding hydrogens is 308 g/mol. The fourth-order valence-corrected chi connectivity index (χ4v) is 3.04. The van der Waals surface area contributed by atoms with Crippen molar-refractivity contribution >= 4 is 5.91 Å². The van der Waals surface area contributed by atoms with Crippen molar-refractivity contribution in [3.05, 3.63) is 42.1 Å². The number of hydrogen-bond acceptors (Lipinski definition) is 5. The molecule has 0 saturated carbocycles. The van der Waals surface area contributed by atoms with Crippen LogP contribution in [0.3, 0.4) is 0 Å². The molecule has 1 aromatic heterocycles. The van der Waals surface area contributed by atoms with Crippen LogP contribution in [0.25, 0.3) is 11.3 Å². The third kappa shape index (κ3) is 3.81. The molecular formula is C17H22N4O3. The Morgan fingerprint density at radius 1 is 1.42 bits per heavy atom. The fourth-order valence-electron chi connectivity index (χ4n) is 3.04. The number of aliphatic hydroxyl groups excluding tert-OH is 1. The Hall–Kier alpha value is -2.22. The number of β-amino-alcohol motifs (C(OH)–C–C–N with tert-alkyl or cyclic N) is 1. The summed E-state index contributed by atoms with van der Waals surface area (Å²) in [4.78, 5) is 13.7. The third-order valence-corrected chi connectivity index (χ3v) is 4.16. The lowest BCUT2D eigenvalue weighted by Crippen LogP contribution is -2.44. The van der Waals surface area contributed by atoms with E-state index in [2.05, 4.69) is 20.4 Å². The normalized spacial score (nSPS) is 21.1. The van der Waals surface area contributed by atoms with Gasteiger partial charge in [-0.2, -0.15) is 5.10 Å². The van der Waals surface area contributed by atoms with Gasteiger partial charge in [0.1, 0.15) is 6.61 Å². The minimum Gasteiger partial charge on any atom is -0.390 e. The SMILES string of the molecule is COCC(=O)N[C@@H]1CN(Cc2cn[nH]c2-c2ccccc2)C[C@H]1O. The highest BCUT2D eigenvalue weighted by molar-refractivity contribution is 5.77. The van der Waals surface area contributed by atoms with Crippen LogP contribution in [-0.2, 0) is 16.1 Å². The van der Waals surface area contributed by atoms with E-state index < -0.39 is 6.10 Å². The number of amides is 1. The lowest BCUT2D eigenvalue weighted by Gasteiger charge is -2.16. The van der Waals surface area contributed by atoms with Gasteiger partial charge in [-0.25, -0.2) is 0 Å². The molecule has 1 fully saturated rings. The molecule has 0 bridgehead atoms. The quantitative estimate of drug-likeness (QED) is 0.713. The van der Waals surface area contributed by atoms with Crippen LogP contribution in [0.5, 0.6) is 0 Å². The second-order valence-electron chi connectivity index (χ2n) is 6.00. The largest absolute Gasteiger partial charge is 0.390 e. The van der Waals surface area contributed by atoms with Gasteiger partial charge in [-0.05, 0) is 5.56 Å². The van der Waals surface area contributed by atoms with Gasteiger partial charge in [-0.1, -0.05) is 30.3 Å². The predicted octanol–water partition coefficient (Wildman–Crippen LogP) is 0.384. The maximum absolute atomic E-state index is 11.6. The van der Waals surface area contributed by atoms with Gasteiger partial charge in [0.25, 0.3) is 0 Å². The third-order valence-electron chi connectivity index (χ3n) is 4.16. The van der Waals surface area contributed by atoms with Crippen molar-refractivity contribution in [2.24, 2.45) is 0 Å². The molecule has 7 nitrogen and oxygen atoms in total. The van der Waals surface area contributed by atoms with Crippen molar-refractivity contribution < 1.29 is 14.6 Å². The van der Waals surface area contributed by atoms with Crippen molar-refractivity contribution in [3.8, 4) is 11.3 Å². The number of carbonyl (C=O) groups excluding carboxylic acids is 1. The fraction of sp³-hybridized carbons (Fsp3) is 0.412. The Kier molecular flexibility index (Phi) is 5.24. The van der Waals surface area contributed by atoms with E-state index in [1.54, 1.807) is 0 Å². The highest BCUT2D eigenvalue weighted by Crippen LogP contribution is 2.23. The molecule has 7 heteroatoms. The van der Waals surface area contributed by atoms with E-state index in [9.17, 15) is 9.90 Å². The number of rotatable bonds is 6. The van der Waals surface area contributed by atoms with Gasteiger partial charge in [0.2, 0.25) is 5.91 Å². The number of methoxy groups -OCH3 is 1. The van der Waals surface area contributed by atoms with Crippen LogP contribution in [0.2, 0.25) is 0 Å². The van der Waals surface area contributed by atoms with E-state index in [1.165, 1.54) is 7.11 Å². The first-order chi connectivity index (χ1) is 11.7. The average Bonchev–Trinajstić information content (AvgIpc) is 3.16. The second-order valence-corrected chi connectivity index (χ2v) is 6.00. The Labute approximate surface area is 140 Å². The molecule has 3 rings (SSSR count). The summed E-state index contributed by atoms with van der Waals surface area (Å²) in [6, 6.07) is 9.73. The molecule has 2 atom stereocenters. The van der Waals surface area contributed by atoms with Gasteiger partial charge in [-0.3, -0.25) is 14.8 Å². The molecule has 0 unspecified atom stereocenters. The van der Waals surface area contributed by atoms with E-state index in [0.29, 0.717) is 19.6 Å². The van der Waals surface area contributed by atoms with Gasteiger partial charge in [0.05, 0.1) is 24.0 Å². The zero-order valence-electron chi connectivity index (χ0n) is 13.6. The van der Waals surface area contributed by atoms with Crippen LogP contribution in [0.15, 0.2) is 36.5 Å². The first kappa shape index (κ1) is 16.6. The first-order valence-corrected chi connectivity index (χ1v) is 7.93. The number of aromatic nitrogens is 2. The molecule has 0 radical (unpaired) electrons. The molecule has 1 aliphatic rings. The van der Waals surface area contributed by atoms with Crippen molar-refractivity contribution in [2.45, 2.75) is 18.7 Å². The summed E-state index contributed by atoms with van der Waals surface area (Å²) >= 11 is 0.